The summed E-state index contributed by atoms with van der Waals surface area (Å²) >= 11 is 0. The third kappa shape index (κ3) is 2.52. The van der Waals surface area contributed by atoms with Gasteiger partial charge in [-0.05, 0) is 12.8 Å². The molecule has 0 radical (unpaired) electrons. The molecular formula is C12H16F2N2O2. The van der Waals surface area contributed by atoms with Crippen LogP contribution in [0.5, 0.6) is 0 Å². The minimum atomic E-state index is -2.80. The first-order valence-corrected chi connectivity index (χ1v) is 6.20. The van der Waals surface area contributed by atoms with Crippen molar-refractivity contribution in [2.24, 2.45) is 0 Å². The molecule has 2 rings (SSSR count). The Morgan fingerprint density at radius 2 is 1.94 bits per heavy atom. The van der Waals surface area contributed by atoms with Gasteiger partial charge in [-0.3, -0.25) is 4.68 Å². The standard InChI is InChI=1S/C12H16F2N2O2/c13-11(14)10-9(12(17)18)7-15-16(10)8-5-3-1-2-4-6-8/h7-8,11H,1-6H2,(H,17,18). The van der Waals surface area contributed by atoms with Crippen molar-refractivity contribution < 1.29 is 18.7 Å². The van der Waals surface area contributed by atoms with E-state index in [1.54, 1.807) is 0 Å². The fraction of sp³-hybridized carbons (Fsp3) is 0.667. The fourth-order valence-electron chi connectivity index (χ4n) is 2.55. The first-order chi connectivity index (χ1) is 8.61. The molecule has 6 heteroatoms. The first-order valence-electron chi connectivity index (χ1n) is 6.20. The molecule has 0 bridgehead atoms. The van der Waals surface area contributed by atoms with E-state index in [9.17, 15) is 13.6 Å². The molecule has 1 aliphatic carbocycles. The second kappa shape index (κ2) is 5.46. The van der Waals surface area contributed by atoms with E-state index >= 15 is 0 Å². The molecule has 0 spiro atoms. The fourth-order valence-corrected chi connectivity index (χ4v) is 2.55. The number of carboxylic acid groups (broad SMARTS) is 1. The van der Waals surface area contributed by atoms with Gasteiger partial charge in [0.25, 0.3) is 6.43 Å². The number of hydrogen-bond acceptors (Lipinski definition) is 2. The van der Waals surface area contributed by atoms with Crippen molar-refractivity contribution >= 4 is 5.97 Å². The SMILES string of the molecule is O=C(O)c1cnn(C2CCCCCC2)c1C(F)F. The lowest BCUT2D eigenvalue weighted by Crippen LogP contribution is -2.15. The zero-order valence-electron chi connectivity index (χ0n) is 9.98. The van der Waals surface area contributed by atoms with Gasteiger partial charge >= 0.3 is 5.97 Å². The van der Waals surface area contributed by atoms with Gasteiger partial charge in [0, 0.05) is 0 Å². The van der Waals surface area contributed by atoms with Gasteiger partial charge < -0.3 is 5.11 Å². The Labute approximate surface area is 104 Å². The number of rotatable bonds is 3. The van der Waals surface area contributed by atoms with Crippen molar-refractivity contribution in [2.45, 2.75) is 51.0 Å². The first kappa shape index (κ1) is 13.0. The lowest BCUT2D eigenvalue weighted by molar-refractivity contribution is 0.0681. The van der Waals surface area contributed by atoms with Gasteiger partial charge in [-0.1, -0.05) is 25.7 Å². The van der Waals surface area contributed by atoms with Gasteiger partial charge in [-0.15, -0.1) is 0 Å². The van der Waals surface area contributed by atoms with Gasteiger partial charge in [-0.2, -0.15) is 5.10 Å². The molecule has 1 aromatic rings. The lowest BCUT2D eigenvalue weighted by atomic mass is 10.1. The van der Waals surface area contributed by atoms with E-state index in [4.69, 9.17) is 5.11 Å². The zero-order chi connectivity index (χ0) is 13.1. The molecule has 1 aliphatic rings. The molecule has 0 aliphatic heterocycles. The number of aromatic nitrogens is 2. The van der Waals surface area contributed by atoms with Crippen LogP contribution in [0.2, 0.25) is 0 Å². The molecule has 100 valence electrons. The summed E-state index contributed by atoms with van der Waals surface area (Å²) in [6, 6.07) is -0.0930. The zero-order valence-corrected chi connectivity index (χ0v) is 9.98. The number of carbonyl (C=O) groups is 1. The second-order valence-electron chi connectivity index (χ2n) is 4.64. The Hall–Kier alpha value is -1.46. The maximum Gasteiger partial charge on any atom is 0.339 e. The van der Waals surface area contributed by atoms with Crippen LogP contribution in [0.1, 0.15) is 67.0 Å². The van der Waals surface area contributed by atoms with Crippen LogP contribution in [-0.4, -0.2) is 20.9 Å². The Morgan fingerprint density at radius 3 is 2.44 bits per heavy atom. The van der Waals surface area contributed by atoms with E-state index in [-0.39, 0.29) is 11.6 Å². The van der Waals surface area contributed by atoms with Gasteiger partial charge in [0.15, 0.2) is 0 Å². The predicted molar refractivity (Wildman–Crippen MR) is 60.9 cm³/mol. The highest BCUT2D eigenvalue weighted by Crippen LogP contribution is 2.32. The summed E-state index contributed by atoms with van der Waals surface area (Å²) < 4.78 is 27.3. The summed E-state index contributed by atoms with van der Waals surface area (Å²) in [6.45, 7) is 0. The van der Waals surface area contributed by atoms with Crippen LogP contribution in [-0.2, 0) is 0 Å². The normalized spacial score (nSPS) is 17.9. The van der Waals surface area contributed by atoms with Crippen molar-refractivity contribution in [3.8, 4) is 0 Å². The average Bonchev–Trinajstić information content (AvgIpc) is 2.59. The van der Waals surface area contributed by atoms with Crippen molar-refractivity contribution in [1.29, 1.82) is 0 Å². The van der Waals surface area contributed by atoms with E-state index in [1.807, 2.05) is 0 Å². The minimum absolute atomic E-state index is 0.0930. The van der Waals surface area contributed by atoms with Crippen LogP contribution in [0.25, 0.3) is 0 Å². The van der Waals surface area contributed by atoms with Gasteiger partial charge in [0.2, 0.25) is 0 Å². The Kier molecular flexibility index (Phi) is 3.93. The van der Waals surface area contributed by atoms with E-state index in [0.29, 0.717) is 0 Å². The number of nitrogens with zero attached hydrogens (tertiary/aromatic N) is 2. The third-order valence-electron chi connectivity index (χ3n) is 3.44. The summed E-state index contributed by atoms with van der Waals surface area (Å²) in [5, 5.41) is 12.8. The largest absolute Gasteiger partial charge is 0.478 e. The molecule has 1 heterocycles. The van der Waals surface area contributed by atoms with Crippen LogP contribution >= 0.6 is 0 Å². The summed E-state index contributed by atoms with van der Waals surface area (Å²) in [5.41, 5.74) is -0.830. The van der Waals surface area contributed by atoms with Crippen molar-refractivity contribution in [3.63, 3.8) is 0 Å². The Balaban J connectivity index is 2.34. The van der Waals surface area contributed by atoms with Crippen LogP contribution in [0.3, 0.4) is 0 Å². The number of hydrogen-bond donors (Lipinski definition) is 1. The van der Waals surface area contributed by atoms with Gasteiger partial charge in [0.1, 0.15) is 11.3 Å². The molecule has 18 heavy (non-hydrogen) atoms. The molecule has 4 nitrogen and oxygen atoms in total. The van der Waals surface area contributed by atoms with E-state index < -0.39 is 18.1 Å². The smallest absolute Gasteiger partial charge is 0.339 e. The third-order valence-corrected chi connectivity index (χ3v) is 3.44. The Bertz CT molecular complexity index is 424. The van der Waals surface area contributed by atoms with Crippen molar-refractivity contribution in [2.75, 3.05) is 0 Å². The highest BCUT2D eigenvalue weighted by molar-refractivity contribution is 5.88. The molecule has 0 unspecified atom stereocenters. The Morgan fingerprint density at radius 1 is 1.33 bits per heavy atom. The van der Waals surface area contributed by atoms with E-state index in [2.05, 4.69) is 5.10 Å². The minimum Gasteiger partial charge on any atom is -0.478 e. The van der Waals surface area contributed by atoms with Crippen LogP contribution in [0.15, 0.2) is 6.20 Å². The molecule has 0 saturated heterocycles. The molecule has 1 saturated carbocycles. The van der Waals surface area contributed by atoms with Crippen molar-refractivity contribution in [3.05, 3.63) is 17.5 Å². The molecule has 1 N–H and O–H groups in total. The predicted octanol–water partition coefficient (Wildman–Crippen LogP) is 3.41. The van der Waals surface area contributed by atoms with Crippen LogP contribution < -0.4 is 0 Å². The van der Waals surface area contributed by atoms with E-state index in [0.717, 1.165) is 44.7 Å². The number of carboxylic acids is 1. The number of halogens is 2. The maximum atomic E-state index is 13.0. The van der Waals surface area contributed by atoms with Gasteiger partial charge in [-0.25, -0.2) is 13.6 Å². The molecule has 0 atom stereocenters. The van der Waals surface area contributed by atoms with Crippen molar-refractivity contribution in [1.82, 2.24) is 9.78 Å². The molecular weight excluding hydrogens is 242 g/mol. The van der Waals surface area contributed by atoms with Gasteiger partial charge in [0.05, 0.1) is 12.2 Å². The second-order valence-corrected chi connectivity index (χ2v) is 4.64. The summed E-state index contributed by atoms with van der Waals surface area (Å²) in [7, 11) is 0. The summed E-state index contributed by atoms with van der Waals surface area (Å²) in [5.74, 6) is -1.34. The topological polar surface area (TPSA) is 55.1 Å². The molecule has 1 fully saturated rings. The molecule has 1 aromatic heterocycles. The highest BCUT2D eigenvalue weighted by atomic mass is 19.3. The quantitative estimate of drug-likeness (QED) is 0.845. The van der Waals surface area contributed by atoms with Crippen LogP contribution in [0.4, 0.5) is 8.78 Å². The average molecular weight is 258 g/mol. The molecule has 0 aromatic carbocycles. The summed E-state index contributed by atoms with van der Waals surface area (Å²) in [6.07, 6.45) is 3.99. The lowest BCUT2D eigenvalue weighted by Gasteiger charge is -2.18. The summed E-state index contributed by atoms with van der Waals surface area (Å²) in [4.78, 5) is 10.9. The van der Waals surface area contributed by atoms with E-state index in [1.165, 1.54) is 4.68 Å². The highest BCUT2D eigenvalue weighted by Gasteiger charge is 2.28. The molecule has 0 amide bonds. The maximum absolute atomic E-state index is 13.0. The number of aromatic carboxylic acids is 1. The monoisotopic (exact) mass is 258 g/mol. The van der Waals surface area contributed by atoms with Crippen LogP contribution in [0, 0.1) is 0 Å². The number of alkyl halides is 2.